The van der Waals surface area contributed by atoms with Crippen LogP contribution in [-0.4, -0.2) is 69.4 Å². The second-order valence-electron chi connectivity index (χ2n) is 22.7. The zero-order valence-electron chi connectivity index (χ0n) is 50.5. The molecule has 0 unspecified atom stereocenters. The van der Waals surface area contributed by atoms with Crippen LogP contribution in [0.25, 0.3) is 0 Å². The topological polar surface area (TPSA) is 167 Å². The quantitative estimate of drug-likeness (QED) is 0.0199. The maximum atomic E-state index is 13.7. The van der Waals surface area contributed by atoms with Gasteiger partial charge in [-0.1, -0.05) is 205 Å². The summed E-state index contributed by atoms with van der Waals surface area (Å²) < 4.78 is 39.1. The lowest BCUT2D eigenvalue weighted by Crippen LogP contribution is -2.36. The molecule has 78 heavy (non-hydrogen) atoms. The molecule has 2 rings (SSSR count). The van der Waals surface area contributed by atoms with E-state index in [1.165, 1.54) is 143 Å². The third kappa shape index (κ3) is 30.8. The highest BCUT2D eigenvalue weighted by Gasteiger charge is 2.35. The molecule has 1 aliphatic rings. The number of allylic oxidation sites excluding steroid dienone is 2. The number of ether oxygens (including phenoxy) is 7. The number of carbonyl (C=O) groups excluding carboxylic acids is 6. The summed E-state index contributed by atoms with van der Waals surface area (Å²) in [5.74, 6) is -1.78. The van der Waals surface area contributed by atoms with Crippen LogP contribution in [0.1, 0.15) is 299 Å². The molecule has 0 atom stereocenters. The van der Waals surface area contributed by atoms with E-state index < -0.39 is 29.4 Å². The van der Waals surface area contributed by atoms with Gasteiger partial charge in [-0.15, -0.1) is 0 Å². The van der Waals surface area contributed by atoms with Crippen molar-refractivity contribution in [3.8, 4) is 11.5 Å². The van der Waals surface area contributed by atoms with Gasteiger partial charge < -0.3 is 33.2 Å². The highest BCUT2D eigenvalue weighted by atomic mass is 16.6. The lowest BCUT2D eigenvalue weighted by atomic mass is 9.87. The normalized spacial score (nSPS) is 12.4. The summed E-state index contributed by atoms with van der Waals surface area (Å²) in [6, 6.07) is 0. The van der Waals surface area contributed by atoms with Gasteiger partial charge in [-0.05, 0) is 71.8 Å². The molecule has 0 saturated heterocycles. The monoisotopic (exact) mass is 1100 g/mol. The van der Waals surface area contributed by atoms with Gasteiger partial charge in [0.2, 0.25) is 0 Å². The summed E-state index contributed by atoms with van der Waals surface area (Å²) in [6.07, 6.45) is 38.7. The number of fused-ring (bicyclic) bond motifs is 1. The van der Waals surface area contributed by atoms with Gasteiger partial charge in [-0.25, -0.2) is 4.79 Å². The molecule has 1 heterocycles. The Kier molecular flexibility index (Phi) is 38.8. The van der Waals surface area contributed by atoms with E-state index >= 15 is 0 Å². The first-order valence-electron chi connectivity index (χ1n) is 31.0. The average molecular weight is 1100 g/mol. The van der Waals surface area contributed by atoms with Gasteiger partial charge in [0.1, 0.15) is 31.1 Å². The maximum absolute atomic E-state index is 13.7. The van der Waals surface area contributed by atoms with Crippen molar-refractivity contribution in [2.75, 3.05) is 27.4 Å². The van der Waals surface area contributed by atoms with Crippen LogP contribution in [0.2, 0.25) is 0 Å². The van der Waals surface area contributed by atoms with Crippen molar-refractivity contribution in [3.05, 3.63) is 33.9 Å². The molecule has 1 aromatic carbocycles. The van der Waals surface area contributed by atoms with Crippen LogP contribution in [0.4, 0.5) is 0 Å². The van der Waals surface area contributed by atoms with E-state index in [4.69, 9.17) is 33.2 Å². The number of carbonyl (C=O) groups is 6. The average Bonchev–Trinajstić information content (AvgIpc) is 3.83. The van der Waals surface area contributed by atoms with Crippen molar-refractivity contribution in [1.82, 2.24) is 0 Å². The fourth-order valence-corrected chi connectivity index (χ4v) is 10.1. The molecule has 0 N–H and O–H groups in total. The van der Waals surface area contributed by atoms with Crippen molar-refractivity contribution in [1.29, 1.82) is 0 Å². The minimum Gasteiger partial charge on any atom is -0.496 e. The van der Waals surface area contributed by atoms with Crippen LogP contribution in [0.15, 0.2) is 11.6 Å². The SMILES string of the molecule is CCCCCCCCCCCCCCCC(=O)OCC(COC(=O)CCCCCCCCCCCCCCC)OC(=O)C(C)(C)CCCCCCCC(=O)Oc1c(C/C=C(\C)CCC(=O)OC)c(OC)c(C)c2c1C(=O)OC2. The van der Waals surface area contributed by atoms with Gasteiger partial charge in [0.15, 0.2) is 11.9 Å². The van der Waals surface area contributed by atoms with Crippen LogP contribution < -0.4 is 9.47 Å². The van der Waals surface area contributed by atoms with E-state index in [9.17, 15) is 28.8 Å². The highest BCUT2D eigenvalue weighted by Crippen LogP contribution is 2.43. The molecule has 0 aromatic heterocycles. The number of benzene rings is 1. The molecule has 0 aliphatic carbocycles. The molecule has 0 radical (unpaired) electrons. The Labute approximate surface area is 472 Å². The van der Waals surface area contributed by atoms with Gasteiger partial charge >= 0.3 is 35.8 Å². The molecule has 0 spiro atoms. The number of cyclic esters (lactones) is 1. The Morgan fingerprint density at radius 2 is 0.974 bits per heavy atom. The van der Waals surface area contributed by atoms with Gasteiger partial charge in [-0.2, -0.15) is 0 Å². The van der Waals surface area contributed by atoms with Crippen molar-refractivity contribution >= 4 is 35.8 Å². The van der Waals surface area contributed by atoms with E-state index in [1.54, 1.807) is 0 Å². The fraction of sp³-hybridized carbons (Fsp3) is 0.785. The minimum atomic E-state index is -0.912. The summed E-state index contributed by atoms with van der Waals surface area (Å²) in [7, 11) is 2.89. The molecule has 13 heteroatoms. The molecular weight excluding hydrogens is 989 g/mol. The number of hydrogen-bond donors (Lipinski definition) is 0. The molecular formula is C65H108O13. The largest absolute Gasteiger partial charge is 0.496 e. The van der Waals surface area contributed by atoms with Crippen LogP contribution in [0.5, 0.6) is 11.5 Å². The number of rotatable bonds is 49. The summed E-state index contributed by atoms with van der Waals surface area (Å²) in [5, 5.41) is 0. The number of unbranched alkanes of at least 4 members (excludes halogenated alkanes) is 28. The van der Waals surface area contributed by atoms with Crippen LogP contribution in [-0.2, 0) is 60.7 Å². The smallest absolute Gasteiger partial charge is 0.342 e. The van der Waals surface area contributed by atoms with E-state index in [2.05, 4.69) is 13.8 Å². The molecule has 0 amide bonds. The number of methoxy groups -OCH3 is 2. The highest BCUT2D eigenvalue weighted by molar-refractivity contribution is 5.99. The van der Waals surface area contributed by atoms with Gasteiger partial charge in [0.25, 0.3) is 0 Å². The molecule has 0 saturated carbocycles. The van der Waals surface area contributed by atoms with Crippen molar-refractivity contribution in [3.63, 3.8) is 0 Å². The summed E-state index contributed by atoms with van der Waals surface area (Å²) in [4.78, 5) is 77.4. The molecule has 1 aromatic rings. The predicted octanol–water partition coefficient (Wildman–Crippen LogP) is 16.7. The molecule has 0 bridgehead atoms. The summed E-state index contributed by atoms with van der Waals surface area (Å²) >= 11 is 0. The van der Waals surface area contributed by atoms with Crippen LogP contribution in [0, 0.1) is 12.3 Å². The first-order chi connectivity index (χ1) is 37.7. The third-order valence-corrected chi connectivity index (χ3v) is 15.3. The maximum Gasteiger partial charge on any atom is 0.342 e. The first kappa shape index (κ1) is 69.7. The Bertz CT molecular complexity index is 1850. The van der Waals surface area contributed by atoms with Crippen LogP contribution in [0.3, 0.4) is 0 Å². The fourth-order valence-electron chi connectivity index (χ4n) is 10.1. The number of esters is 6. The van der Waals surface area contributed by atoms with Crippen LogP contribution >= 0.6 is 0 Å². The van der Waals surface area contributed by atoms with Crippen molar-refractivity contribution in [2.45, 2.75) is 298 Å². The van der Waals surface area contributed by atoms with Crippen molar-refractivity contribution < 1.29 is 61.9 Å². The second-order valence-corrected chi connectivity index (χ2v) is 22.7. The summed E-state index contributed by atoms with van der Waals surface area (Å²) in [6.45, 7) is 11.7. The second kappa shape index (κ2) is 43.4. The Morgan fingerprint density at radius 1 is 0.551 bits per heavy atom. The van der Waals surface area contributed by atoms with Gasteiger partial charge in [0, 0.05) is 36.8 Å². The summed E-state index contributed by atoms with van der Waals surface area (Å²) in [5.41, 5.74) is 2.28. The zero-order valence-corrected chi connectivity index (χ0v) is 50.5. The molecule has 446 valence electrons. The molecule has 0 fully saturated rings. The Balaban J connectivity index is 1.86. The molecule has 1 aliphatic heterocycles. The van der Waals surface area contributed by atoms with E-state index in [1.807, 2.05) is 33.8 Å². The Hall–Kier alpha value is -4.42. The van der Waals surface area contributed by atoms with Crippen molar-refractivity contribution in [2.24, 2.45) is 5.41 Å². The molecule has 13 nitrogen and oxygen atoms in total. The standard InChI is InChI=1S/C65H108O13/c1-9-11-13-15-17-19-21-23-25-27-29-32-36-40-57(67)74-48-53(49-75-58(68)41-37-33-30-28-26-24-22-20-18-16-14-12-10-2)77-64(71)65(5,6)47-39-35-31-34-38-42-59(69)78-62-54(45-43-51(3)44-46-56(66)72-7)61(73-8)52(4)55-50-76-63(70)60(55)62/h43,53H,9-42,44-50H2,1-8H3/b51-43+. The third-order valence-electron chi connectivity index (χ3n) is 15.3. The first-order valence-corrected chi connectivity index (χ1v) is 31.0. The Morgan fingerprint density at radius 3 is 1.41 bits per heavy atom. The van der Waals surface area contributed by atoms with E-state index in [-0.39, 0.29) is 61.9 Å². The lowest BCUT2D eigenvalue weighted by molar-refractivity contribution is -0.173. The lowest BCUT2D eigenvalue weighted by Gasteiger charge is -2.26. The zero-order chi connectivity index (χ0) is 57.2. The number of hydrogen-bond acceptors (Lipinski definition) is 13. The van der Waals surface area contributed by atoms with Gasteiger partial charge in [0.05, 0.1) is 19.6 Å². The van der Waals surface area contributed by atoms with E-state index in [0.717, 1.165) is 75.3 Å². The minimum absolute atomic E-state index is 0.0638. The predicted molar refractivity (Wildman–Crippen MR) is 310 cm³/mol. The van der Waals surface area contributed by atoms with Gasteiger partial charge in [-0.3, -0.25) is 24.0 Å². The van der Waals surface area contributed by atoms with E-state index in [0.29, 0.717) is 55.4 Å².